The highest BCUT2D eigenvalue weighted by Gasteiger charge is 2.16. The molecule has 0 fully saturated rings. The highest BCUT2D eigenvalue weighted by Crippen LogP contribution is 2.29. The van der Waals surface area contributed by atoms with Crippen LogP contribution in [0.5, 0.6) is 0 Å². The average molecular weight is 229 g/mol. The normalized spacial score (nSPS) is 14.9. The molecule has 1 aliphatic rings. The molecule has 1 aromatic carbocycles. The molecule has 1 aliphatic heterocycles. The van der Waals surface area contributed by atoms with Gasteiger partial charge in [-0.1, -0.05) is 24.3 Å². The summed E-state index contributed by atoms with van der Waals surface area (Å²) in [6, 6.07) is 13.2. The smallest absolute Gasteiger partial charge is 0.0914 e. The molecule has 0 radical (unpaired) electrons. The third-order valence-electron chi connectivity index (χ3n) is 3.17. The summed E-state index contributed by atoms with van der Waals surface area (Å²) in [4.78, 5) is 3.88. The largest absolute Gasteiger partial charge is 0.359 e. The highest BCUT2D eigenvalue weighted by molar-refractivity contribution is 7.16. The number of thiophene rings is 1. The maximum atomic E-state index is 2.49. The lowest BCUT2D eigenvalue weighted by atomic mass is 10.0. The highest BCUT2D eigenvalue weighted by atomic mass is 32.1. The Labute approximate surface area is 100 Å². The van der Waals surface area contributed by atoms with E-state index in [0.29, 0.717) is 0 Å². The van der Waals surface area contributed by atoms with Crippen LogP contribution in [0.3, 0.4) is 0 Å². The van der Waals surface area contributed by atoms with Crippen LogP contribution in [0.25, 0.3) is 0 Å². The summed E-state index contributed by atoms with van der Waals surface area (Å²) in [7, 11) is 0. The first-order chi connectivity index (χ1) is 7.83. The number of hydrogen-bond acceptors (Lipinski definition) is 2. The number of benzene rings is 1. The number of aryl methyl sites for hydroxylation is 1. The fourth-order valence-electron chi connectivity index (χ4n) is 2.28. The van der Waals surface area contributed by atoms with Gasteiger partial charge in [0.15, 0.2) is 0 Å². The molecule has 0 saturated carbocycles. The maximum Gasteiger partial charge on any atom is 0.0914 e. The fourth-order valence-corrected chi connectivity index (χ4v) is 3.16. The van der Waals surface area contributed by atoms with Gasteiger partial charge in [0.2, 0.25) is 0 Å². The van der Waals surface area contributed by atoms with E-state index in [1.165, 1.54) is 27.4 Å². The lowest BCUT2D eigenvalue weighted by Crippen LogP contribution is -2.29. The zero-order valence-corrected chi connectivity index (χ0v) is 10.3. The third kappa shape index (κ3) is 1.74. The summed E-state index contributed by atoms with van der Waals surface area (Å²) in [6.07, 6.45) is 1.17. The van der Waals surface area contributed by atoms with Gasteiger partial charge in [-0.25, -0.2) is 0 Å². The molecule has 0 N–H and O–H groups in total. The predicted molar refractivity (Wildman–Crippen MR) is 70.3 cm³/mol. The average Bonchev–Trinajstić information content (AvgIpc) is 2.75. The molecule has 0 atom stereocenters. The van der Waals surface area contributed by atoms with Gasteiger partial charge in [-0.05, 0) is 36.6 Å². The van der Waals surface area contributed by atoms with E-state index in [4.69, 9.17) is 0 Å². The summed E-state index contributed by atoms with van der Waals surface area (Å²) >= 11 is 1.89. The number of anilines is 1. The van der Waals surface area contributed by atoms with Gasteiger partial charge in [0, 0.05) is 18.0 Å². The van der Waals surface area contributed by atoms with Crippen molar-refractivity contribution in [3.05, 3.63) is 52.4 Å². The zero-order chi connectivity index (χ0) is 11.0. The molecule has 16 heavy (non-hydrogen) atoms. The molecular formula is C14H15NS. The molecule has 2 aromatic rings. The first kappa shape index (κ1) is 9.91. The van der Waals surface area contributed by atoms with Gasteiger partial charge < -0.3 is 4.90 Å². The van der Waals surface area contributed by atoms with Crippen LogP contribution in [-0.2, 0) is 13.0 Å². The van der Waals surface area contributed by atoms with E-state index in [2.05, 4.69) is 48.2 Å². The van der Waals surface area contributed by atoms with E-state index < -0.39 is 0 Å². The molecule has 0 unspecified atom stereocenters. The van der Waals surface area contributed by atoms with E-state index in [9.17, 15) is 0 Å². The van der Waals surface area contributed by atoms with Crippen LogP contribution >= 0.6 is 11.3 Å². The molecular weight excluding hydrogens is 214 g/mol. The van der Waals surface area contributed by atoms with Crippen molar-refractivity contribution in [2.75, 3.05) is 11.4 Å². The number of hydrogen-bond donors (Lipinski definition) is 0. The van der Waals surface area contributed by atoms with Crippen molar-refractivity contribution in [2.24, 2.45) is 0 Å². The Bertz CT molecular complexity index is 501. The van der Waals surface area contributed by atoms with Crippen molar-refractivity contribution in [2.45, 2.75) is 19.9 Å². The summed E-state index contributed by atoms with van der Waals surface area (Å²) in [6.45, 7) is 4.39. The van der Waals surface area contributed by atoms with Gasteiger partial charge in [0.05, 0.1) is 5.00 Å². The molecule has 3 rings (SSSR count). The monoisotopic (exact) mass is 229 g/mol. The first-order valence-electron chi connectivity index (χ1n) is 5.71. The topological polar surface area (TPSA) is 3.24 Å². The van der Waals surface area contributed by atoms with Crippen molar-refractivity contribution in [3.63, 3.8) is 0 Å². The van der Waals surface area contributed by atoms with Crippen molar-refractivity contribution < 1.29 is 0 Å². The lowest BCUT2D eigenvalue weighted by molar-refractivity contribution is 0.738. The Morgan fingerprint density at radius 3 is 2.62 bits per heavy atom. The SMILES string of the molecule is Cc1ccc(N2CCc3ccccc3C2)s1. The molecule has 1 aromatic heterocycles. The molecule has 82 valence electrons. The third-order valence-corrected chi connectivity index (χ3v) is 4.23. The Morgan fingerprint density at radius 2 is 1.88 bits per heavy atom. The fraction of sp³-hybridized carbons (Fsp3) is 0.286. The van der Waals surface area contributed by atoms with Crippen LogP contribution in [0.15, 0.2) is 36.4 Å². The zero-order valence-electron chi connectivity index (χ0n) is 9.44. The Hall–Kier alpha value is -1.28. The minimum Gasteiger partial charge on any atom is -0.359 e. The predicted octanol–water partition coefficient (Wildman–Crippen LogP) is 3.62. The number of rotatable bonds is 1. The molecule has 0 amide bonds. The minimum absolute atomic E-state index is 1.07. The van der Waals surface area contributed by atoms with E-state index in [0.717, 1.165) is 13.1 Å². The van der Waals surface area contributed by atoms with E-state index in [1.807, 2.05) is 11.3 Å². The molecule has 0 aliphatic carbocycles. The van der Waals surface area contributed by atoms with Crippen molar-refractivity contribution >= 4 is 16.3 Å². The second-order valence-corrected chi connectivity index (χ2v) is 5.59. The van der Waals surface area contributed by atoms with Crippen molar-refractivity contribution in [1.82, 2.24) is 0 Å². The van der Waals surface area contributed by atoms with Crippen LogP contribution in [0.1, 0.15) is 16.0 Å². The quantitative estimate of drug-likeness (QED) is 0.722. The molecule has 0 spiro atoms. The second kappa shape index (κ2) is 3.95. The summed E-state index contributed by atoms with van der Waals surface area (Å²) in [5, 5.41) is 1.41. The molecule has 2 heteroatoms. The van der Waals surface area contributed by atoms with E-state index in [-0.39, 0.29) is 0 Å². The van der Waals surface area contributed by atoms with E-state index in [1.54, 1.807) is 0 Å². The lowest BCUT2D eigenvalue weighted by Gasteiger charge is -2.29. The van der Waals surface area contributed by atoms with Gasteiger partial charge in [0.1, 0.15) is 0 Å². The number of fused-ring (bicyclic) bond motifs is 1. The summed E-state index contributed by atoms with van der Waals surface area (Å²) in [5.74, 6) is 0. The first-order valence-corrected chi connectivity index (χ1v) is 6.53. The molecule has 0 saturated heterocycles. The summed E-state index contributed by atoms with van der Waals surface area (Å²) in [5.41, 5.74) is 3.01. The Balaban J connectivity index is 1.88. The van der Waals surface area contributed by atoms with Gasteiger partial charge >= 0.3 is 0 Å². The Morgan fingerprint density at radius 1 is 1.06 bits per heavy atom. The molecule has 1 nitrogen and oxygen atoms in total. The van der Waals surface area contributed by atoms with Gasteiger partial charge in [-0.3, -0.25) is 0 Å². The minimum atomic E-state index is 1.07. The van der Waals surface area contributed by atoms with Crippen molar-refractivity contribution in [3.8, 4) is 0 Å². The van der Waals surface area contributed by atoms with E-state index >= 15 is 0 Å². The maximum absolute atomic E-state index is 2.49. The van der Waals surface area contributed by atoms with Crippen LogP contribution < -0.4 is 4.90 Å². The second-order valence-electron chi connectivity index (χ2n) is 4.32. The Kier molecular flexibility index (Phi) is 2.44. The van der Waals surface area contributed by atoms with Gasteiger partial charge in [-0.2, -0.15) is 0 Å². The summed E-state index contributed by atoms with van der Waals surface area (Å²) < 4.78 is 0. The van der Waals surface area contributed by atoms with Crippen LogP contribution in [0.4, 0.5) is 5.00 Å². The molecule has 2 heterocycles. The standard InChI is InChI=1S/C14H15NS/c1-11-6-7-14(16-11)15-9-8-12-4-2-3-5-13(12)10-15/h2-7H,8-10H2,1H3. The van der Waals surface area contributed by atoms with Gasteiger partial charge in [0.25, 0.3) is 0 Å². The van der Waals surface area contributed by atoms with Gasteiger partial charge in [-0.15, -0.1) is 11.3 Å². The van der Waals surface area contributed by atoms with Crippen LogP contribution in [-0.4, -0.2) is 6.54 Å². The van der Waals surface area contributed by atoms with Crippen LogP contribution in [0.2, 0.25) is 0 Å². The van der Waals surface area contributed by atoms with Crippen LogP contribution in [0, 0.1) is 6.92 Å². The van der Waals surface area contributed by atoms with Crippen molar-refractivity contribution in [1.29, 1.82) is 0 Å². The number of nitrogens with zero attached hydrogens (tertiary/aromatic N) is 1. The molecule has 0 bridgehead atoms.